The molecular formula is C10H14N2O3. The number of carbonyl (C=O) groups is 1. The molecule has 82 valence electrons. The quantitative estimate of drug-likeness (QED) is 0.801. The topological polar surface area (TPSA) is 72.2 Å². The van der Waals surface area contributed by atoms with Crippen molar-refractivity contribution in [1.29, 1.82) is 0 Å². The zero-order chi connectivity index (χ0) is 11.4. The van der Waals surface area contributed by atoms with Crippen molar-refractivity contribution in [3.63, 3.8) is 0 Å². The van der Waals surface area contributed by atoms with Crippen molar-refractivity contribution in [3.05, 3.63) is 28.7 Å². The Morgan fingerprint density at radius 2 is 2.27 bits per heavy atom. The van der Waals surface area contributed by atoms with Crippen LogP contribution < -0.4 is 5.56 Å². The third-order valence-corrected chi connectivity index (χ3v) is 2.02. The van der Waals surface area contributed by atoms with Gasteiger partial charge in [-0.1, -0.05) is 13.8 Å². The molecule has 0 bridgehead atoms. The van der Waals surface area contributed by atoms with E-state index < -0.39 is 12.0 Å². The maximum absolute atomic E-state index is 11.4. The molecular weight excluding hydrogens is 196 g/mol. The number of rotatable bonds is 4. The van der Waals surface area contributed by atoms with Gasteiger partial charge in [-0.2, -0.15) is 5.10 Å². The molecule has 0 aliphatic rings. The first-order valence-corrected chi connectivity index (χ1v) is 4.79. The SMILES string of the molecule is CC(C)CC(C(=O)O)n1ncccc1=O. The average molecular weight is 210 g/mol. The standard InChI is InChI=1S/C10H14N2O3/c1-7(2)6-8(10(14)15)12-9(13)4-3-5-11-12/h3-5,7-8H,6H2,1-2H3,(H,14,15). The fourth-order valence-electron chi connectivity index (χ4n) is 1.35. The monoisotopic (exact) mass is 210 g/mol. The summed E-state index contributed by atoms with van der Waals surface area (Å²) >= 11 is 0. The number of nitrogens with zero attached hydrogens (tertiary/aromatic N) is 2. The predicted molar refractivity (Wildman–Crippen MR) is 54.6 cm³/mol. The summed E-state index contributed by atoms with van der Waals surface area (Å²) in [5.74, 6) is -0.829. The van der Waals surface area contributed by atoms with Crippen molar-refractivity contribution in [2.24, 2.45) is 5.92 Å². The molecule has 1 N–H and O–H groups in total. The van der Waals surface area contributed by atoms with Gasteiger partial charge in [-0.15, -0.1) is 0 Å². The maximum atomic E-state index is 11.4. The normalized spacial score (nSPS) is 12.7. The Bertz CT molecular complexity index is 398. The second-order valence-corrected chi connectivity index (χ2v) is 3.79. The van der Waals surface area contributed by atoms with E-state index in [1.165, 1.54) is 18.3 Å². The van der Waals surface area contributed by atoms with Gasteiger partial charge in [-0.3, -0.25) is 4.79 Å². The van der Waals surface area contributed by atoms with Crippen LogP contribution in [0.5, 0.6) is 0 Å². The lowest BCUT2D eigenvalue weighted by Gasteiger charge is -2.15. The van der Waals surface area contributed by atoms with E-state index in [-0.39, 0.29) is 11.5 Å². The first-order chi connectivity index (χ1) is 7.02. The van der Waals surface area contributed by atoms with Gasteiger partial charge in [0, 0.05) is 12.3 Å². The molecule has 0 aliphatic heterocycles. The highest BCUT2D eigenvalue weighted by Gasteiger charge is 2.22. The van der Waals surface area contributed by atoms with Gasteiger partial charge in [0.25, 0.3) is 5.56 Å². The lowest BCUT2D eigenvalue weighted by Crippen LogP contribution is -2.32. The Kier molecular flexibility index (Phi) is 3.60. The zero-order valence-electron chi connectivity index (χ0n) is 8.75. The largest absolute Gasteiger partial charge is 0.480 e. The van der Waals surface area contributed by atoms with Gasteiger partial charge in [-0.05, 0) is 18.4 Å². The van der Waals surface area contributed by atoms with Gasteiger partial charge < -0.3 is 5.11 Å². The van der Waals surface area contributed by atoms with Gasteiger partial charge in [0.15, 0.2) is 6.04 Å². The molecule has 0 aliphatic carbocycles. The summed E-state index contributed by atoms with van der Waals surface area (Å²) in [7, 11) is 0. The fourth-order valence-corrected chi connectivity index (χ4v) is 1.35. The predicted octanol–water partition coefficient (Wildman–Crippen LogP) is 0.915. The van der Waals surface area contributed by atoms with Gasteiger partial charge >= 0.3 is 5.97 Å². The van der Waals surface area contributed by atoms with E-state index in [0.29, 0.717) is 6.42 Å². The van der Waals surface area contributed by atoms with Crippen LogP contribution in [0.4, 0.5) is 0 Å². The molecule has 1 aromatic heterocycles. The molecule has 0 fully saturated rings. The molecule has 0 amide bonds. The van der Waals surface area contributed by atoms with Crippen LogP contribution >= 0.6 is 0 Å². The molecule has 0 saturated heterocycles. The minimum atomic E-state index is -1.02. The molecule has 1 rings (SSSR count). The minimum absolute atomic E-state index is 0.194. The van der Waals surface area contributed by atoms with Gasteiger partial charge in [-0.25, -0.2) is 9.48 Å². The van der Waals surface area contributed by atoms with E-state index in [1.54, 1.807) is 0 Å². The van der Waals surface area contributed by atoms with Crippen molar-refractivity contribution >= 4 is 5.97 Å². The maximum Gasteiger partial charge on any atom is 0.328 e. The Morgan fingerprint density at radius 3 is 2.73 bits per heavy atom. The van der Waals surface area contributed by atoms with Crippen LogP contribution in [0.15, 0.2) is 23.1 Å². The Morgan fingerprint density at radius 1 is 1.60 bits per heavy atom. The molecule has 5 nitrogen and oxygen atoms in total. The summed E-state index contributed by atoms with van der Waals surface area (Å²) in [6, 6.07) is 1.93. The molecule has 1 atom stereocenters. The Labute approximate surface area is 87.4 Å². The molecule has 0 aromatic carbocycles. The third kappa shape index (κ3) is 2.90. The van der Waals surface area contributed by atoms with E-state index in [9.17, 15) is 9.59 Å². The summed E-state index contributed by atoms with van der Waals surface area (Å²) in [6.45, 7) is 3.81. The van der Waals surface area contributed by atoms with Gasteiger partial charge in [0.1, 0.15) is 0 Å². The second kappa shape index (κ2) is 4.72. The van der Waals surface area contributed by atoms with E-state index in [1.807, 2.05) is 13.8 Å². The summed E-state index contributed by atoms with van der Waals surface area (Å²) in [5, 5.41) is 12.8. The molecule has 5 heteroatoms. The molecule has 0 spiro atoms. The number of carboxylic acids is 1. The van der Waals surface area contributed by atoms with Crippen LogP contribution in [0.1, 0.15) is 26.3 Å². The molecule has 1 unspecified atom stereocenters. The summed E-state index contributed by atoms with van der Waals surface area (Å²) in [4.78, 5) is 22.4. The minimum Gasteiger partial charge on any atom is -0.480 e. The Balaban J connectivity index is 3.05. The summed E-state index contributed by atoms with van der Waals surface area (Å²) in [5.41, 5.74) is -0.384. The lowest BCUT2D eigenvalue weighted by molar-refractivity contribution is -0.141. The van der Waals surface area contributed by atoms with Crippen LogP contribution in [-0.4, -0.2) is 20.9 Å². The van der Waals surface area contributed by atoms with E-state index in [2.05, 4.69) is 5.10 Å². The molecule has 1 heterocycles. The van der Waals surface area contributed by atoms with E-state index in [4.69, 9.17) is 5.11 Å². The van der Waals surface area contributed by atoms with Crippen molar-refractivity contribution in [1.82, 2.24) is 9.78 Å². The van der Waals surface area contributed by atoms with Crippen LogP contribution in [-0.2, 0) is 4.79 Å². The highest BCUT2D eigenvalue weighted by Crippen LogP contribution is 2.14. The van der Waals surface area contributed by atoms with Crippen molar-refractivity contribution < 1.29 is 9.90 Å². The van der Waals surface area contributed by atoms with Crippen molar-refractivity contribution in [3.8, 4) is 0 Å². The van der Waals surface area contributed by atoms with E-state index >= 15 is 0 Å². The summed E-state index contributed by atoms with van der Waals surface area (Å²) in [6.07, 6.45) is 1.81. The fraction of sp³-hybridized carbons (Fsp3) is 0.500. The molecule has 1 aromatic rings. The highest BCUT2D eigenvalue weighted by atomic mass is 16.4. The van der Waals surface area contributed by atoms with Crippen LogP contribution in [0.2, 0.25) is 0 Å². The number of carboxylic acid groups (broad SMARTS) is 1. The van der Waals surface area contributed by atoms with Crippen molar-refractivity contribution in [2.75, 3.05) is 0 Å². The number of hydrogen-bond donors (Lipinski definition) is 1. The lowest BCUT2D eigenvalue weighted by atomic mass is 10.0. The summed E-state index contributed by atoms with van der Waals surface area (Å²) < 4.78 is 1.02. The zero-order valence-corrected chi connectivity index (χ0v) is 8.75. The van der Waals surface area contributed by atoms with Crippen LogP contribution in [0, 0.1) is 5.92 Å². The van der Waals surface area contributed by atoms with Crippen LogP contribution in [0.25, 0.3) is 0 Å². The average Bonchev–Trinajstić information content (AvgIpc) is 2.15. The molecule has 0 radical (unpaired) electrons. The second-order valence-electron chi connectivity index (χ2n) is 3.79. The first-order valence-electron chi connectivity index (χ1n) is 4.79. The van der Waals surface area contributed by atoms with E-state index in [0.717, 1.165) is 4.68 Å². The molecule has 15 heavy (non-hydrogen) atoms. The number of aliphatic carboxylic acids is 1. The molecule has 0 saturated carbocycles. The Hall–Kier alpha value is -1.65. The van der Waals surface area contributed by atoms with Gasteiger partial charge in [0.05, 0.1) is 0 Å². The number of hydrogen-bond acceptors (Lipinski definition) is 3. The van der Waals surface area contributed by atoms with Gasteiger partial charge in [0.2, 0.25) is 0 Å². The smallest absolute Gasteiger partial charge is 0.328 e. The highest BCUT2D eigenvalue weighted by molar-refractivity contribution is 5.71. The van der Waals surface area contributed by atoms with Crippen molar-refractivity contribution in [2.45, 2.75) is 26.3 Å². The number of aromatic nitrogens is 2. The first kappa shape index (κ1) is 11.4. The third-order valence-electron chi connectivity index (χ3n) is 2.02. The van der Waals surface area contributed by atoms with Crippen LogP contribution in [0.3, 0.4) is 0 Å².